The molecule has 5 atom stereocenters. The average molecular weight is 515 g/mol. The molecule has 204 valence electrons. The lowest BCUT2D eigenvalue weighted by molar-refractivity contribution is -0.294. The molecule has 0 bridgehead atoms. The fraction of sp³-hybridized carbons (Fsp3) is 0.720. The van der Waals surface area contributed by atoms with Gasteiger partial charge in [-0.15, -0.1) is 0 Å². The molecule has 1 fully saturated rings. The molecular formula is C25H38O11. The van der Waals surface area contributed by atoms with Crippen molar-refractivity contribution in [3.8, 4) is 0 Å². The molecule has 0 aromatic carbocycles. The van der Waals surface area contributed by atoms with Gasteiger partial charge in [-0.05, 0) is 26.2 Å². The summed E-state index contributed by atoms with van der Waals surface area (Å²) in [6.45, 7) is 1.86. The second kappa shape index (κ2) is 14.4. The number of Topliss-reactive ketones (excluding diaryl/α,β-unsaturated/α-hetero) is 2. The van der Waals surface area contributed by atoms with Crippen molar-refractivity contribution in [3.63, 3.8) is 0 Å². The van der Waals surface area contributed by atoms with Crippen molar-refractivity contribution in [2.75, 3.05) is 20.8 Å². The number of aliphatic hydroxyl groups excluding tert-OH is 3. The van der Waals surface area contributed by atoms with Gasteiger partial charge >= 0.3 is 5.97 Å². The zero-order valence-corrected chi connectivity index (χ0v) is 21.1. The van der Waals surface area contributed by atoms with Gasteiger partial charge in [-0.1, -0.05) is 38.5 Å². The maximum absolute atomic E-state index is 12.6. The number of ether oxygens (including phenoxy) is 4. The van der Waals surface area contributed by atoms with Crippen LogP contribution < -0.4 is 0 Å². The summed E-state index contributed by atoms with van der Waals surface area (Å²) in [7, 11) is 2.69. The van der Waals surface area contributed by atoms with Crippen molar-refractivity contribution in [3.05, 3.63) is 22.7 Å². The topological polar surface area (TPSA) is 169 Å². The number of rotatable bonds is 15. The van der Waals surface area contributed by atoms with E-state index in [9.17, 15) is 29.7 Å². The Morgan fingerprint density at radius 3 is 1.89 bits per heavy atom. The largest absolute Gasteiger partial charge is 0.489 e. The average Bonchev–Trinajstić information content (AvgIpc) is 2.85. The third kappa shape index (κ3) is 7.36. The number of ketones is 2. The number of methoxy groups -OCH3 is 2. The predicted octanol–water partition coefficient (Wildman–Crippen LogP) is 1.38. The van der Waals surface area contributed by atoms with Gasteiger partial charge in [-0.2, -0.15) is 0 Å². The van der Waals surface area contributed by atoms with Crippen molar-refractivity contribution in [2.24, 2.45) is 0 Å². The fourth-order valence-electron chi connectivity index (χ4n) is 4.35. The Morgan fingerprint density at radius 2 is 1.33 bits per heavy atom. The molecule has 1 aliphatic heterocycles. The Bertz CT molecular complexity index is 847. The molecule has 1 heterocycles. The lowest BCUT2D eigenvalue weighted by Gasteiger charge is -2.38. The zero-order chi connectivity index (χ0) is 26.8. The van der Waals surface area contributed by atoms with E-state index in [2.05, 4.69) is 0 Å². The summed E-state index contributed by atoms with van der Waals surface area (Å²) in [6, 6.07) is 0. The quantitative estimate of drug-likeness (QED) is 0.184. The summed E-state index contributed by atoms with van der Waals surface area (Å²) in [5.41, 5.74) is 0.900. The van der Waals surface area contributed by atoms with Crippen molar-refractivity contribution in [1.82, 2.24) is 0 Å². The van der Waals surface area contributed by atoms with Crippen molar-refractivity contribution < 1.29 is 53.8 Å². The molecule has 36 heavy (non-hydrogen) atoms. The van der Waals surface area contributed by atoms with Gasteiger partial charge in [-0.3, -0.25) is 9.59 Å². The highest BCUT2D eigenvalue weighted by Gasteiger charge is 2.47. The molecule has 0 amide bonds. The van der Waals surface area contributed by atoms with E-state index < -0.39 is 36.7 Å². The summed E-state index contributed by atoms with van der Waals surface area (Å²) in [5, 5.41) is 38.4. The molecule has 1 saturated heterocycles. The Balaban J connectivity index is 1.57. The molecule has 0 radical (unpaired) electrons. The minimum Gasteiger partial charge on any atom is -0.489 e. The monoisotopic (exact) mass is 514 g/mol. The van der Waals surface area contributed by atoms with E-state index >= 15 is 0 Å². The second-order valence-corrected chi connectivity index (χ2v) is 9.01. The molecule has 0 aromatic rings. The van der Waals surface area contributed by atoms with Crippen LogP contribution in [0.2, 0.25) is 0 Å². The number of hydrogen-bond acceptors (Lipinski definition) is 10. The van der Waals surface area contributed by atoms with Crippen LogP contribution in [-0.2, 0) is 33.3 Å². The zero-order valence-electron chi connectivity index (χ0n) is 21.1. The fourth-order valence-corrected chi connectivity index (χ4v) is 4.35. The lowest BCUT2D eigenvalue weighted by Crippen LogP contribution is -2.60. The maximum atomic E-state index is 12.6. The van der Waals surface area contributed by atoms with Gasteiger partial charge in [0.05, 0.1) is 14.2 Å². The Morgan fingerprint density at radius 1 is 0.806 bits per heavy atom. The number of aliphatic carboxylic acids is 1. The summed E-state index contributed by atoms with van der Waals surface area (Å²) in [6.07, 6.45) is -0.112. The van der Waals surface area contributed by atoms with E-state index in [0.717, 1.165) is 44.9 Å². The molecule has 11 heteroatoms. The first-order valence-corrected chi connectivity index (χ1v) is 12.3. The molecule has 2 rings (SSSR count). The van der Waals surface area contributed by atoms with Crippen LogP contribution in [0.3, 0.4) is 0 Å². The summed E-state index contributed by atoms with van der Waals surface area (Å²) < 4.78 is 20.6. The number of carboxylic acid groups (broad SMARTS) is 1. The number of hydrogen-bond donors (Lipinski definition) is 4. The molecule has 2 aliphatic rings. The number of unbranched alkanes of at least 4 members (excludes halogenated alkanes) is 7. The number of carbonyl (C=O) groups excluding carboxylic acids is 2. The normalized spacial score (nSPS) is 27.0. The van der Waals surface area contributed by atoms with Gasteiger partial charge in [0.25, 0.3) is 0 Å². The lowest BCUT2D eigenvalue weighted by atomic mass is 9.89. The molecular weight excluding hydrogens is 476 g/mol. The van der Waals surface area contributed by atoms with E-state index in [1.807, 2.05) is 0 Å². The van der Waals surface area contributed by atoms with Crippen LogP contribution >= 0.6 is 0 Å². The van der Waals surface area contributed by atoms with Crippen LogP contribution in [-0.4, -0.2) is 89.5 Å². The highest BCUT2D eigenvalue weighted by atomic mass is 16.7. The van der Waals surface area contributed by atoms with Crippen LogP contribution in [0.1, 0.15) is 64.7 Å². The van der Waals surface area contributed by atoms with E-state index in [-0.39, 0.29) is 29.7 Å². The predicted molar refractivity (Wildman–Crippen MR) is 126 cm³/mol. The first-order valence-electron chi connectivity index (χ1n) is 12.3. The van der Waals surface area contributed by atoms with Crippen LogP contribution in [0, 0.1) is 0 Å². The van der Waals surface area contributed by atoms with Crippen molar-refractivity contribution in [1.29, 1.82) is 0 Å². The van der Waals surface area contributed by atoms with Crippen LogP contribution in [0.25, 0.3) is 0 Å². The van der Waals surface area contributed by atoms with E-state index in [0.29, 0.717) is 24.0 Å². The van der Waals surface area contributed by atoms with Crippen molar-refractivity contribution >= 4 is 17.5 Å². The standard InChI is InChI=1S/C25H38O11/c1-14-15(17(27)22(34-3)21(33-2)16(14)26)12-10-8-6-4-5-7-9-11-13-35-25-20(30)18(28)19(29)23(36-25)24(31)32/h18-20,23,25,28-30H,4-13H2,1-3H3,(H,31,32)/t18?,19-,20?,23-,25+/m0/s1. The number of carbonyl (C=O) groups is 3. The number of allylic oxidation sites excluding steroid dienone is 2. The molecule has 11 nitrogen and oxygen atoms in total. The Hall–Kier alpha value is -2.31. The third-order valence-electron chi connectivity index (χ3n) is 6.51. The first-order chi connectivity index (χ1) is 17.1. The highest BCUT2D eigenvalue weighted by molar-refractivity contribution is 6.23. The molecule has 0 aromatic heterocycles. The summed E-state index contributed by atoms with van der Waals surface area (Å²) >= 11 is 0. The second-order valence-electron chi connectivity index (χ2n) is 9.01. The van der Waals surface area contributed by atoms with Gasteiger partial charge in [0.15, 0.2) is 12.4 Å². The summed E-state index contributed by atoms with van der Waals surface area (Å²) in [4.78, 5) is 36.1. The van der Waals surface area contributed by atoms with Crippen LogP contribution in [0.15, 0.2) is 22.7 Å². The van der Waals surface area contributed by atoms with Crippen molar-refractivity contribution in [2.45, 2.75) is 95.4 Å². The smallest absolute Gasteiger partial charge is 0.335 e. The Kier molecular flexibility index (Phi) is 12.0. The summed E-state index contributed by atoms with van der Waals surface area (Å²) in [5.74, 6) is -2.12. The van der Waals surface area contributed by atoms with Gasteiger partial charge in [0.2, 0.25) is 23.1 Å². The minimum absolute atomic E-state index is 0.0351. The van der Waals surface area contributed by atoms with E-state index in [1.165, 1.54) is 14.2 Å². The molecule has 0 spiro atoms. The molecule has 4 N–H and O–H groups in total. The number of aliphatic hydroxyl groups is 3. The first kappa shape index (κ1) is 29.9. The molecule has 1 aliphatic carbocycles. The van der Waals surface area contributed by atoms with Crippen LogP contribution in [0.5, 0.6) is 0 Å². The van der Waals surface area contributed by atoms with E-state index in [4.69, 9.17) is 24.1 Å². The maximum Gasteiger partial charge on any atom is 0.335 e. The molecule has 0 saturated carbocycles. The van der Waals surface area contributed by atoms with Gasteiger partial charge in [0.1, 0.15) is 18.3 Å². The van der Waals surface area contributed by atoms with E-state index in [1.54, 1.807) is 6.92 Å². The van der Waals surface area contributed by atoms with Gasteiger partial charge in [-0.25, -0.2) is 4.79 Å². The molecule has 2 unspecified atom stereocenters. The highest BCUT2D eigenvalue weighted by Crippen LogP contribution is 2.29. The van der Waals surface area contributed by atoms with Crippen LogP contribution in [0.4, 0.5) is 0 Å². The SMILES string of the molecule is COC1=C(OC)C(=O)C(CCCCCCCCCCO[C@@H]2O[C@H](C(=O)O)[C@@H](O)C(O)C2O)=C(C)C1=O. The Labute approximate surface area is 210 Å². The number of carboxylic acids is 1. The van der Waals surface area contributed by atoms with Gasteiger partial charge in [0, 0.05) is 17.8 Å². The van der Waals surface area contributed by atoms with Gasteiger partial charge < -0.3 is 39.4 Å². The third-order valence-corrected chi connectivity index (χ3v) is 6.51. The minimum atomic E-state index is -1.73.